The highest BCUT2D eigenvalue weighted by atomic mass is 16.6. The van der Waals surface area contributed by atoms with Crippen molar-refractivity contribution >= 4 is 12.1 Å². The molecule has 54 valence electrons. The molecule has 0 atom stereocenters. The first kappa shape index (κ1) is 6.60. The Kier molecular flexibility index (Phi) is 1.57. The van der Waals surface area contributed by atoms with Crippen molar-refractivity contribution in [1.82, 2.24) is 5.32 Å². The molecule has 0 aromatic heterocycles. The van der Waals surface area contributed by atoms with Crippen LogP contribution in [0, 0.1) is 0 Å². The molecule has 5 nitrogen and oxygen atoms in total. The van der Waals surface area contributed by atoms with E-state index in [1.165, 1.54) is 7.11 Å². The van der Waals surface area contributed by atoms with E-state index in [2.05, 4.69) is 14.8 Å². The summed E-state index contributed by atoms with van der Waals surface area (Å²) in [5.74, 6) is -0.716. The van der Waals surface area contributed by atoms with Gasteiger partial charge >= 0.3 is 12.1 Å². The van der Waals surface area contributed by atoms with Crippen molar-refractivity contribution in [3.8, 4) is 0 Å². The van der Waals surface area contributed by atoms with Gasteiger partial charge in [-0.25, -0.2) is 9.59 Å². The summed E-state index contributed by atoms with van der Waals surface area (Å²) in [5.41, 5.74) is 0.0208. The smallest absolute Gasteiger partial charge is 0.419 e. The molecule has 0 radical (unpaired) electrons. The molecule has 1 rings (SSSR count). The minimum absolute atomic E-state index is 0.0208. The van der Waals surface area contributed by atoms with Gasteiger partial charge in [0.15, 0.2) is 5.70 Å². The van der Waals surface area contributed by atoms with Gasteiger partial charge in [-0.1, -0.05) is 0 Å². The number of alkyl carbamates (subject to hydrolysis) is 1. The minimum atomic E-state index is -0.770. The molecule has 0 aliphatic carbocycles. The number of rotatable bonds is 1. The third-order valence-electron chi connectivity index (χ3n) is 0.878. The Morgan fingerprint density at radius 1 is 1.60 bits per heavy atom. The van der Waals surface area contributed by atoms with E-state index in [0.29, 0.717) is 0 Å². The van der Waals surface area contributed by atoms with Crippen LogP contribution in [0.3, 0.4) is 0 Å². The number of nitrogens with one attached hydrogen (secondary N) is 1. The van der Waals surface area contributed by atoms with E-state index in [4.69, 9.17) is 0 Å². The fourth-order valence-electron chi connectivity index (χ4n) is 0.521. The molecule has 0 spiro atoms. The SMILES string of the molecule is COC=C1NC(=O)OC1=O. The normalized spacial score (nSPS) is 20.7. The Morgan fingerprint density at radius 3 is 2.70 bits per heavy atom. The molecule has 1 aliphatic heterocycles. The van der Waals surface area contributed by atoms with Gasteiger partial charge in [0.25, 0.3) is 0 Å². The number of hydrogen-bond donors (Lipinski definition) is 1. The first-order valence-corrected chi connectivity index (χ1v) is 2.50. The molecule has 1 heterocycles. The van der Waals surface area contributed by atoms with Crippen molar-refractivity contribution in [1.29, 1.82) is 0 Å². The van der Waals surface area contributed by atoms with Gasteiger partial charge in [0, 0.05) is 0 Å². The van der Waals surface area contributed by atoms with Crippen LogP contribution in [0.4, 0.5) is 4.79 Å². The number of amides is 1. The summed E-state index contributed by atoms with van der Waals surface area (Å²) in [4.78, 5) is 20.8. The van der Waals surface area contributed by atoms with Crippen LogP contribution in [0.15, 0.2) is 12.0 Å². The summed E-state index contributed by atoms with van der Waals surface area (Å²) in [6.45, 7) is 0. The summed E-state index contributed by atoms with van der Waals surface area (Å²) in [7, 11) is 1.37. The van der Waals surface area contributed by atoms with E-state index >= 15 is 0 Å². The van der Waals surface area contributed by atoms with Gasteiger partial charge < -0.3 is 9.47 Å². The maximum absolute atomic E-state index is 10.5. The van der Waals surface area contributed by atoms with Gasteiger partial charge in [0.2, 0.25) is 0 Å². The highest BCUT2D eigenvalue weighted by Gasteiger charge is 2.26. The lowest BCUT2D eigenvalue weighted by atomic mass is 10.5. The predicted octanol–water partition coefficient (Wildman–Crippen LogP) is -0.259. The number of cyclic esters (lactones) is 2. The van der Waals surface area contributed by atoms with Crippen LogP contribution in [0.1, 0.15) is 0 Å². The van der Waals surface area contributed by atoms with Crippen LogP contribution in [0.5, 0.6) is 0 Å². The fraction of sp³-hybridized carbons (Fsp3) is 0.200. The molecule has 1 fully saturated rings. The Labute approximate surface area is 56.6 Å². The summed E-state index contributed by atoms with van der Waals surface area (Å²) >= 11 is 0. The van der Waals surface area contributed by atoms with Crippen molar-refractivity contribution in [3.05, 3.63) is 12.0 Å². The van der Waals surface area contributed by atoms with Gasteiger partial charge in [0.05, 0.1) is 7.11 Å². The quantitative estimate of drug-likeness (QED) is 0.238. The lowest BCUT2D eigenvalue weighted by molar-refractivity contribution is -0.130. The lowest BCUT2D eigenvalue weighted by Crippen LogP contribution is -2.11. The zero-order valence-corrected chi connectivity index (χ0v) is 5.21. The van der Waals surface area contributed by atoms with Gasteiger partial charge in [0.1, 0.15) is 6.26 Å². The molecule has 10 heavy (non-hydrogen) atoms. The second kappa shape index (κ2) is 2.38. The van der Waals surface area contributed by atoms with E-state index in [-0.39, 0.29) is 5.70 Å². The first-order chi connectivity index (χ1) is 4.74. The average molecular weight is 143 g/mol. The fourth-order valence-corrected chi connectivity index (χ4v) is 0.521. The third-order valence-corrected chi connectivity index (χ3v) is 0.878. The first-order valence-electron chi connectivity index (χ1n) is 2.50. The van der Waals surface area contributed by atoms with Crippen LogP contribution < -0.4 is 5.32 Å². The van der Waals surface area contributed by atoms with Gasteiger partial charge in [-0.05, 0) is 0 Å². The van der Waals surface area contributed by atoms with Crippen LogP contribution in [0.2, 0.25) is 0 Å². The molecule has 1 saturated heterocycles. The topological polar surface area (TPSA) is 64.6 Å². The molecule has 0 aromatic rings. The van der Waals surface area contributed by atoms with E-state index < -0.39 is 12.1 Å². The standard InChI is InChI=1S/C5H5NO4/c1-9-2-3-4(7)10-5(8)6-3/h2H,1H3,(H,6,8). The molecule has 1 amide bonds. The van der Waals surface area contributed by atoms with Crippen molar-refractivity contribution in [2.75, 3.05) is 7.11 Å². The molecule has 0 aromatic carbocycles. The zero-order chi connectivity index (χ0) is 7.56. The average Bonchev–Trinajstić information content (AvgIpc) is 2.13. The van der Waals surface area contributed by atoms with E-state index in [9.17, 15) is 9.59 Å². The molecular weight excluding hydrogens is 138 g/mol. The van der Waals surface area contributed by atoms with E-state index in [1.807, 2.05) is 0 Å². The van der Waals surface area contributed by atoms with Crippen molar-refractivity contribution in [2.45, 2.75) is 0 Å². The second-order valence-corrected chi connectivity index (χ2v) is 1.57. The van der Waals surface area contributed by atoms with E-state index in [1.54, 1.807) is 0 Å². The molecule has 1 aliphatic rings. The number of carbonyl (C=O) groups is 2. The van der Waals surface area contributed by atoms with Gasteiger partial charge in [-0.15, -0.1) is 0 Å². The molecule has 0 bridgehead atoms. The molecule has 1 N–H and O–H groups in total. The molecule has 0 saturated carbocycles. The summed E-state index contributed by atoms with van der Waals surface area (Å²) < 4.78 is 8.56. The Morgan fingerprint density at radius 2 is 2.30 bits per heavy atom. The Balaban J connectivity index is 2.72. The number of carbonyl (C=O) groups excluding carboxylic acids is 2. The van der Waals surface area contributed by atoms with Crippen molar-refractivity contribution in [2.24, 2.45) is 0 Å². The van der Waals surface area contributed by atoms with Crippen molar-refractivity contribution < 1.29 is 19.1 Å². The second-order valence-electron chi connectivity index (χ2n) is 1.57. The highest BCUT2D eigenvalue weighted by molar-refractivity contribution is 6.03. The summed E-state index contributed by atoms with van der Waals surface area (Å²) in [6.07, 6.45) is 0.334. The van der Waals surface area contributed by atoms with Crippen LogP contribution >= 0.6 is 0 Å². The molecular formula is C5H5NO4. The Hall–Kier alpha value is -1.52. The number of hydrogen-bond acceptors (Lipinski definition) is 4. The maximum atomic E-state index is 10.5. The number of esters is 1. The number of methoxy groups -OCH3 is 1. The minimum Gasteiger partial charge on any atom is -0.502 e. The van der Waals surface area contributed by atoms with E-state index in [0.717, 1.165) is 6.26 Å². The maximum Gasteiger partial charge on any atom is 0.419 e. The highest BCUT2D eigenvalue weighted by Crippen LogP contribution is 2.02. The van der Waals surface area contributed by atoms with Gasteiger partial charge in [-0.3, -0.25) is 5.32 Å². The monoisotopic (exact) mass is 143 g/mol. The van der Waals surface area contributed by atoms with Crippen LogP contribution in [-0.4, -0.2) is 19.2 Å². The van der Waals surface area contributed by atoms with Gasteiger partial charge in [-0.2, -0.15) is 0 Å². The molecule has 5 heteroatoms. The predicted molar refractivity (Wildman–Crippen MR) is 29.7 cm³/mol. The third kappa shape index (κ3) is 1.07. The summed E-state index contributed by atoms with van der Waals surface area (Å²) in [5, 5.41) is 2.13. The lowest BCUT2D eigenvalue weighted by Gasteiger charge is -1.88. The molecule has 0 unspecified atom stereocenters. The largest absolute Gasteiger partial charge is 0.502 e. The van der Waals surface area contributed by atoms with Crippen LogP contribution in [-0.2, 0) is 14.3 Å². The number of ether oxygens (including phenoxy) is 2. The summed E-state index contributed by atoms with van der Waals surface area (Å²) in [6, 6.07) is 0. The van der Waals surface area contributed by atoms with Crippen molar-refractivity contribution in [3.63, 3.8) is 0 Å². The van der Waals surface area contributed by atoms with Crippen LogP contribution in [0.25, 0.3) is 0 Å². The Bertz CT molecular complexity index is 208. The zero-order valence-electron chi connectivity index (χ0n) is 5.21.